The predicted octanol–water partition coefficient (Wildman–Crippen LogP) is 1.42. The SMILES string of the molecule is CCCNC(=O)CSc1nnc(-c2ccccc2F)n1N. The Morgan fingerprint density at radius 3 is 2.90 bits per heavy atom. The number of hydrogen-bond acceptors (Lipinski definition) is 5. The molecule has 0 atom stereocenters. The minimum Gasteiger partial charge on any atom is -0.355 e. The molecule has 6 nitrogen and oxygen atoms in total. The molecule has 0 fully saturated rings. The van der Waals surface area contributed by atoms with Crippen molar-refractivity contribution < 1.29 is 9.18 Å². The molecule has 2 aromatic rings. The van der Waals surface area contributed by atoms with Gasteiger partial charge in [0.1, 0.15) is 5.82 Å². The molecule has 0 bridgehead atoms. The van der Waals surface area contributed by atoms with Crippen LogP contribution in [0.2, 0.25) is 0 Å². The van der Waals surface area contributed by atoms with E-state index in [0.717, 1.165) is 18.2 Å². The van der Waals surface area contributed by atoms with Crippen LogP contribution in [0.15, 0.2) is 29.4 Å². The minimum atomic E-state index is -0.422. The maximum Gasteiger partial charge on any atom is 0.230 e. The second-order valence-electron chi connectivity index (χ2n) is 4.29. The molecular weight excluding hydrogens is 293 g/mol. The molecule has 0 aliphatic heterocycles. The number of nitrogens with zero attached hydrogens (tertiary/aromatic N) is 3. The molecule has 0 saturated heterocycles. The number of nitrogens with two attached hydrogens (primary N) is 1. The number of halogens is 1. The van der Waals surface area contributed by atoms with E-state index in [1.54, 1.807) is 18.2 Å². The highest BCUT2D eigenvalue weighted by molar-refractivity contribution is 7.99. The zero-order valence-corrected chi connectivity index (χ0v) is 12.4. The lowest BCUT2D eigenvalue weighted by atomic mass is 10.2. The highest BCUT2D eigenvalue weighted by Crippen LogP contribution is 2.23. The number of nitrogen functional groups attached to an aromatic ring is 1. The van der Waals surface area contributed by atoms with Crippen molar-refractivity contribution in [2.45, 2.75) is 18.5 Å². The van der Waals surface area contributed by atoms with E-state index in [-0.39, 0.29) is 23.0 Å². The average Bonchev–Trinajstić information content (AvgIpc) is 2.84. The summed E-state index contributed by atoms with van der Waals surface area (Å²) in [7, 11) is 0. The van der Waals surface area contributed by atoms with Crippen LogP contribution < -0.4 is 11.2 Å². The van der Waals surface area contributed by atoms with Crippen LogP contribution >= 0.6 is 11.8 Å². The highest BCUT2D eigenvalue weighted by Gasteiger charge is 2.16. The number of rotatable bonds is 6. The summed E-state index contributed by atoms with van der Waals surface area (Å²) in [5.74, 6) is 5.75. The van der Waals surface area contributed by atoms with Gasteiger partial charge in [-0.15, -0.1) is 10.2 Å². The summed E-state index contributed by atoms with van der Waals surface area (Å²) >= 11 is 1.16. The van der Waals surface area contributed by atoms with Crippen LogP contribution in [0.1, 0.15) is 13.3 Å². The van der Waals surface area contributed by atoms with Gasteiger partial charge in [-0.25, -0.2) is 9.07 Å². The predicted molar refractivity (Wildman–Crippen MR) is 79.6 cm³/mol. The Hall–Kier alpha value is -2.09. The van der Waals surface area contributed by atoms with Crippen molar-refractivity contribution in [3.63, 3.8) is 0 Å². The fraction of sp³-hybridized carbons (Fsp3) is 0.308. The lowest BCUT2D eigenvalue weighted by molar-refractivity contribution is -0.118. The molecule has 0 spiro atoms. The smallest absolute Gasteiger partial charge is 0.230 e. The van der Waals surface area contributed by atoms with Gasteiger partial charge in [0.25, 0.3) is 0 Å². The van der Waals surface area contributed by atoms with Crippen molar-refractivity contribution in [1.29, 1.82) is 0 Å². The van der Waals surface area contributed by atoms with Crippen LogP contribution in [0.4, 0.5) is 4.39 Å². The average molecular weight is 309 g/mol. The largest absolute Gasteiger partial charge is 0.355 e. The number of nitrogens with one attached hydrogen (secondary N) is 1. The molecule has 0 saturated carbocycles. The third kappa shape index (κ3) is 3.72. The highest BCUT2D eigenvalue weighted by atomic mass is 32.2. The van der Waals surface area contributed by atoms with E-state index >= 15 is 0 Å². The fourth-order valence-electron chi connectivity index (χ4n) is 1.65. The zero-order chi connectivity index (χ0) is 15.2. The first-order chi connectivity index (χ1) is 10.1. The second kappa shape index (κ2) is 7.07. The Morgan fingerprint density at radius 2 is 2.19 bits per heavy atom. The third-order valence-corrected chi connectivity index (χ3v) is 3.63. The number of amides is 1. The Morgan fingerprint density at radius 1 is 1.43 bits per heavy atom. The Balaban J connectivity index is 2.07. The van der Waals surface area contributed by atoms with E-state index in [0.29, 0.717) is 11.7 Å². The Labute approximate surface area is 125 Å². The summed E-state index contributed by atoms with van der Waals surface area (Å²) in [5, 5.41) is 10.9. The Bertz CT molecular complexity index is 631. The van der Waals surface area contributed by atoms with Gasteiger partial charge in [0.15, 0.2) is 5.82 Å². The standard InChI is InChI=1S/C13H16FN5OS/c1-2-7-16-11(20)8-21-13-18-17-12(19(13)15)9-5-3-4-6-10(9)14/h3-6H,2,7-8,15H2,1H3,(H,16,20). The molecule has 8 heteroatoms. The van der Waals surface area contributed by atoms with Crippen LogP contribution in [-0.2, 0) is 4.79 Å². The van der Waals surface area contributed by atoms with Gasteiger partial charge in [0.2, 0.25) is 11.1 Å². The first kappa shape index (κ1) is 15.3. The summed E-state index contributed by atoms with van der Waals surface area (Å²) in [4.78, 5) is 11.5. The van der Waals surface area contributed by atoms with Crippen LogP contribution in [0, 0.1) is 5.82 Å². The van der Waals surface area contributed by atoms with Crippen molar-refractivity contribution in [1.82, 2.24) is 20.2 Å². The second-order valence-corrected chi connectivity index (χ2v) is 5.24. The summed E-state index contributed by atoms with van der Waals surface area (Å²) in [6, 6.07) is 6.18. The van der Waals surface area contributed by atoms with Gasteiger partial charge in [-0.05, 0) is 18.6 Å². The number of thioether (sulfide) groups is 1. The van der Waals surface area contributed by atoms with Crippen molar-refractivity contribution in [3.05, 3.63) is 30.1 Å². The molecule has 1 heterocycles. The molecule has 0 aliphatic rings. The summed E-state index contributed by atoms with van der Waals surface area (Å²) in [6.45, 7) is 2.61. The maximum atomic E-state index is 13.7. The molecule has 1 amide bonds. The number of hydrogen-bond donors (Lipinski definition) is 2. The molecule has 1 aromatic heterocycles. The quantitative estimate of drug-likeness (QED) is 0.622. The molecule has 112 valence electrons. The Kier molecular flexibility index (Phi) is 5.15. The van der Waals surface area contributed by atoms with Gasteiger partial charge in [-0.1, -0.05) is 30.8 Å². The fourth-order valence-corrected chi connectivity index (χ4v) is 2.33. The van der Waals surface area contributed by atoms with Gasteiger partial charge in [-0.2, -0.15) is 0 Å². The van der Waals surface area contributed by atoms with Crippen molar-refractivity contribution >= 4 is 17.7 Å². The molecule has 21 heavy (non-hydrogen) atoms. The molecule has 3 N–H and O–H groups in total. The van der Waals surface area contributed by atoms with E-state index in [1.807, 2.05) is 6.92 Å². The third-order valence-electron chi connectivity index (χ3n) is 2.68. The molecule has 0 unspecified atom stereocenters. The van der Waals surface area contributed by atoms with E-state index in [4.69, 9.17) is 5.84 Å². The van der Waals surface area contributed by atoms with Crippen LogP contribution in [0.25, 0.3) is 11.4 Å². The topological polar surface area (TPSA) is 85.8 Å². The number of carbonyl (C=O) groups is 1. The molecule has 1 aromatic carbocycles. The number of carbonyl (C=O) groups excluding carboxylic acids is 1. The first-order valence-electron chi connectivity index (χ1n) is 6.48. The van der Waals surface area contributed by atoms with Crippen LogP contribution in [0.5, 0.6) is 0 Å². The van der Waals surface area contributed by atoms with E-state index in [9.17, 15) is 9.18 Å². The molecule has 0 radical (unpaired) electrons. The molecule has 2 rings (SSSR count). The first-order valence-corrected chi connectivity index (χ1v) is 7.47. The van der Waals surface area contributed by atoms with Crippen molar-refractivity contribution in [3.8, 4) is 11.4 Å². The molecular formula is C13H16FN5OS. The van der Waals surface area contributed by atoms with Gasteiger partial charge in [0, 0.05) is 6.54 Å². The van der Waals surface area contributed by atoms with E-state index in [1.165, 1.54) is 10.7 Å². The van der Waals surface area contributed by atoms with Gasteiger partial charge < -0.3 is 11.2 Å². The normalized spacial score (nSPS) is 10.6. The summed E-state index contributed by atoms with van der Waals surface area (Å²) < 4.78 is 14.9. The van der Waals surface area contributed by atoms with Gasteiger partial charge in [-0.3, -0.25) is 4.79 Å². The zero-order valence-electron chi connectivity index (χ0n) is 11.5. The summed E-state index contributed by atoms with van der Waals surface area (Å²) in [6.07, 6.45) is 0.876. The van der Waals surface area contributed by atoms with E-state index in [2.05, 4.69) is 15.5 Å². The minimum absolute atomic E-state index is 0.0997. The van der Waals surface area contributed by atoms with E-state index < -0.39 is 5.82 Å². The number of benzene rings is 1. The van der Waals surface area contributed by atoms with Crippen molar-refractivity contribution in [2.24, 2.45) is 0 Å². The van der Waals surface area contributed by atoms with Crippen LogP contribution in [-0.4, -0.2) is 33.1 Å². The van der Waals surface area contributed by atoms with Crippen molar-refractivity contribution in [2.75, 3.05) is 18.1 Å². The molecule has 0 aliphatic carbocycles. The lowest BCUT2D eigenvalue weighted by Gasteiger charge is -2.05. The van der Waals surface area contributed by atoms with Gasteiger partial charge >= 0.3 is 0 Å². The number of aromatic nitrogens is 3. The van der Waals surface area contributed by atoms with Gasteiger partial charge in [0.05, 0.1) is 11.3 Å². The maximum absolute atomic E-state index is 13.7. The lowest BCUT2D eigenvalue weighted by Crippen LogP contribution is -2.26. The van der Waals surface area contributed by atoms with Crippen LogP contribution in [0.3, 0.4) is 0 Å². The monoisotopic (exact) mass is 309 g/mol. The summed E-state index contributed by atoms with van der Waals surface area (Å²) in [5.41, 5.74) is 0.273.